The number of hydrogen-bond donors (Lipinski definition) is 3. The summed E-state index contributed by atoms with van der Waals surface area (Å²) in [5.41, 5.74) is 14.2. The van der Waals surface area contributed by atoms with Crippen molar-refractivity contribution in [3.63, 3.8) is 0 Å². The fourth-order valence-electron chi connectivity index (χ4n) is 6.86. The molecule has 5 aromatic rings. The van der Waals surface area contributed by atoms with E-state index in [1.165, 1.54) is 28.8 Å². The van der Waals surface area contributed by atoms with Gasteiger partial charge in [0.2, 0.25) is 11.8 Å². The monoisotopic (exact) mass is 724 g/mol. The second-order valence-corrected chi connectivity index (χ2v) is 18.4. The summed E-state index contributed by atoms with van der Waals surface area (Å²) in [6, 6.07) is 18.7. The van der Waals surface area contributed by atoms with E-state index in [0.717, 1.165) is 39.2 Å². The second-order valence-electron chi connectivity index (χ2n) is 14.1. The van der Waals surface area contributed by atoms with Crippen LogP contribution in [0.2, 0.25) is 13.1 Å². The van der Waals surface area contributed by atoms with Crippen LogP contribution >= 0.6 is 0 Å². The SMILES string of the molecule is CN(C)c1ccc2c(c1)[Si](C)(C)C1=CC(=[N+](C)C)C=CC1=C2c1cc(C(=O)NCc2ccc(COc3nc(N)nc4nc[nH]c34)cc2)ccc1C(=O)[O-]. The predicted octanol–water partition coefficient (Wildman–Crippen LogP) is 3.35. The molecule has 0 fully saturated rings. The highest BCUT2D eigenvalue weighted by molar-refractivity contribution is 6.98. The van der Waals surface area contributed by atoms with Gasteiger partial charge in [0.15, 0.2) is 11.4 Å². The summed E-state index contributed by atoms with van der Waals surface area (Å²) in [5, 5.41) is 18.1. The lowest BCUT2D eigenvalue weighted by molar-refractivity contribution is -0.462. The number of H-pyrrole nitrogens is 1. The van der Waals surface area contributed by atoms with Crippen LogP contribution in [-0.2, 0) is 13.2 Å². The molecule has 0 saturated carbocycles. The molecule has 3 heterocycles. The van der Waals surface area contributed by atoms with Crippen LogP contribution in [0, 0.1) is 0 Å². The van der Waals surface area contributed by atoms with Crippen LogP contribution in [0.15, 0.2) is 96.0 Å². The Morgan fingerprint density at radius 1 is 0.981 bits per heavy atom. The number of carbonyl (C=O) groups is 2. The van der Waals surface area contributed by atoms with E-state index in [-0.39, 0.29) is 30.6 Å². The van der Waals surface area contributed by atoms with Crippen LogP contribution in [0.1, 0.15) is 43.0 Å². The van der Waals surface area contributed by atoms with Crippen LogP contribution in [-0.4, -0.2) is 78.4 Å². The number of allylic oxidation sites excluding steroid dienone is 5. The lowest BCUT2D eigenvalue weighted by Crippen LogP contribution is -2.50. The number of nitrogen functional groups attached to an aromatic ring is 1. The number of nitrogens with one attached hydrogen (secondary N) is 2. The first kappa shape index (κ1) is 35.1. The van der Waals surface area contributed by atoms with E-state index in [0.29, 0.717) is 28.2 Å². The summed E-state index contributed by atoms with van der Waals surface area (Å²) in [7, 11) is 5.78. The minimum Gasteiger partial charge on any atom is -0.545 e. The number of aromatic amines is 1. The summed E-state index contributed by atoms with van der Waals surface area (Å²) in [5.74, 6) is -1.25. The number of benzene rings is 3. The Hall–Kier alpha value is -6.34. The number of anilines is 2. The molecule has 3 aromatic carbocycles. The molecule has 0 bridgehead atoms. The smallest absolute Gasteiger partial charge is 0.251 e. The Kier molecular flexibility index (Phi) is 9.04. The van der Waals surface area contributed by atoms with E-state index in [4.69, 9.17) is 10.5 Å². The summed E-state index contributed by atoms with van der Waals surface area (Å²) in [6.45, 7) is 5.16. The van der Waals surface area contributed by atoms with E-state index in [2.05, 4.69) is 84.2 Å². The molecule has 0 saturated heterocycles. The summed E-state index contributed by atoms with van der Waals surface area (Å²) >= 11 is 0. The highest BCUT2D eigenvalue weighted by Gasteiger charge is 2.41. The number of rotatable bonds is 9. The largest absolute Gasteiger partial charge is 0.545 e. The Labute approximate surface area is 308 Å². The van der Waals surface area contributed by atoms with Gasteiger partial charge in [-0.25, -0.2) is 9.56 Å². The molecule has 12 nitrogen and oxygen atoms in total. The molecule has 0 unspecified atom stereocenters. The lowest BCUT2D eigenvalue weighted by Gasteiger charge is -2.38. The molecular formula is C40H40N8O4Si. The molecule has 4 N–H and O–H groups in total. The highest BCUT2D eigenvalue weighted by Crippen LogP contribution is 2.43. The standard InChI is InChI=1S/C40H40N8O4Si/c1-47(2)26-12-15-29-32(18-26)53(5,6)33-19-27(48(3)4)13-16-30(33)34(29)31-17-25(11-14-28(31)39(50)51)37(49)42-20-23-7-9-24(10-8-23)21-52-38-35-36(44-22-43-35)45-40(41)46-38/h7-19,22H,20-21H2,1-6H3,(H4-,41,42,43,44,45,46,49,50,51). The van der Waals surface area contributed by atoms with Crippen molar-refractivity contribution in [2.45, 2.75) is 26.2 Å². The van der Waals surface area contributed by atoms with Crippen molar-refractivity contribution in [3.8, 4) is 5.88 Å². The second kappa shape index (κ2) is 13.7. The Bertz CT molecular complexity index is 2440. The van der Waals surface area contributed by atoms with Crippen LogP contribution in [0.3, 0.4) is 0 Å². The molecule has 2 aliphatic rings. The van der Waals surface area contributed by atoms with E-state index in [1.807, 2.05) is 52.5 Å². The summed E-state index contributed by atoms with van der Waals surface area (Å²) < 4.78 is 7.97. The number of carbonyl (C=O) groups excluding carboxylic acids is 2. The van der Waals surface area contributed by atoms with Gasteiger partial charge >= 0.3 is 0 Å². The fraction of sp³-hybridized carbons (Fsp3) is 0.200. The van der Waals surface area contributed by atoms with Gasteiger partial charge in [0.25, 0.3) is 5.91 Å². The highest BCUT2D eigenvalue weighted by atomic mass is 28.3. The minimum absolute atomic E-state index is 0.0268. The van der Waals surface area contributed by atoms with Crippen LogP contribution in [0.4, 0.5) is 11.6 Å². The lowest BCUT2D eigenvalue weighted by atomic mass is 9.86. The number of aromatic carboxylic acids is 1. The number of aromatic nitrogens is 4. The van der Waals surface area contributed by atoms with Gasteiger partial charge in [-0.05, 0) is 74.1 Å². The third-order valence-electron chi connectivity index (χ3n) is 9.82. The average molecular weight is 725 g/mol. The Morgan fingerprint density at radius 3 is 2.45 bits per heavy atom. The van der Waals surface area contributed by atoms with Crippen molar-refractivity contribution in [2.75, 3.05) is 38.8 Å². The van der Waals surface area contributed by atoms with Gasteiger partial charge in [-0.15, -0.1) is 0 Å². The molecule has 13 heteroatoms. The van der Waals surface area contributed by atoms with Gasteiger partial charge in [-0.1, -0.05) is 49.5 Å². The molecule has 0 radical (unpaired) electrons. The molecule has 2 aromatic heterocycles. The van der Waals surface area contributed by atoms with E-state index >= 15 is 0 Å². The number of hydrogen-bond acceptors (Lipinski definition) is 9. The van der Waals surface area contributed by atoms with Gasteiger partial charge in [-0.3, -0.25) is 4.79 Å². The number of imidazole rings is 1. The zero-order chi connectivity index (χ0) is 37.6. The Balaban J connectivity index is 1.17. The number of ether oxygens (including phenoxy) is 1. The van der Waals surface area contributed by atoms with Crippen molar-refractivity contribution in [3.05, 3.63) is 129 Å². The number of nitrogens with zero attached hydrogens (tertiary/aromatic N) is 5. The van der Waals surface area contributed by atoms with Gasteiger partial charge in [0.1, 0.15) is 34.3 Å². The summed E-state index contributed by atoms with van der Waals surface area (Å²) in [6.07, 6.45) is 7.87. The average Bonchev–Trinajstić information content (AvgIpc) is 3.61. The van der Waals surface area contributed by atoms with E-state index < -0.39 is 14.0 Å². The van der Waals surface area contributed by atoms with Crippen molar-refractivity contribution in [1.29, 1.82) is 0 Å². The number of amides is 1. The number of carboxylic acid groups (broad SMARTS) is 1. The molecule has 53 heavy (non-hydrogen) atoms. The van der Waals surface area contributed by atoms with Crippen LogP contribution in [0.5, 0.6) is 5.88 Å². The zero-order valence-corrected chi connectivity index (χ0v) is 31.4. The van der Waals surface area contributed by atoms with Gasteiger partial charge in [0.05, 0.1) is 12.3 Å². The molecule has 268 valence electrons. The minimum atomic E-state index is -2.27. The normalized spacial score (nSPS) is 14.4. The number of fused-ring (bicyclic) bond motifs is 3. The van der Waals surface area contributed by atoms with Gasteiger partial charge in [-0.2, -0.15) is 9.97 Å². The number of nitrogens with two attached hydrogens (primary N) is 1. The maximum atomic E-state index is 13.7. The van der Waals surface area contributed by atoms with Crippen molar-refractivity contribution in [2.24, 2.45) is 0 Å². The maximum absolute atomic E-state index is 13.7. The molecule has 0 spiro atoms. The van der Waals surface area contributed by atoms with E-state index in [1.54, 1.807) is 6.07 Å². The zero-order valence-electron chi connectivity index (χ0n) is 30.4. The quantitative estimate of drug-likeness (QED) is 0.153. The van der Waals surface area contributed by atoms with Crippen molar-refractivity contribution >= 4 is 59.2 Å². The first-order valence-corrected chi connectivity index (χ1v) is 20.1. The first-order chi connectivity index (χ1) is 25.3. The molecule has 7 rings (SSSR count). The third kappa shape index (κ3) is 6.62. The number of carboxylic acids is 1. The van der Waals surface area contributed by atoms with Crippen molar-refractivity contribution < 1.29 is 24.0 Å². The Morgan fingerprint density at radius 2 is 1.74 bits per heavy atom. The predicted molar refractivity (Wildman–Crippen MR) is 207 cm³/mol. The maximum Gasteiger partial charge on any atom is 0.251 e. The molecule has 1 aliphatic carbocycles. The summed E-state index contributed by atoms with van der Waals surface area (Å²) in [4.78, 5) is 43.7. The topological polar surface area (TPSA) is 165 Å². The van der Waals surface area contributed by atoms with E-state index in [9.17, 15) is 14.7 Å². The first-order valence-electron chi connectivity index (χ1n) is 17.1. The molecule has 1 amide bonds. The molecular weight excluding hydrogens is 685 g/mol. The third-order valence-corrected chi connectivity index (χ3v) is 13.3. The van der Waals surface area contributed by atoms with Crippen molar-refractivity contribution in [1.82, 2.24) is 25.3 Å². The molecule has 1 aliphatic heterocycles. The van der Waals surface area contributed by atoms with Gasteiger partial charge in [0, 0.05) is 49.6 Å². The fourth-order valence-corrected chi connectivity index (χ4v) is 9.93. The van der Waals surface area contributed by atoms with Crippen LogP contribution < -0.4 is 31.0 Å². The molecule has 0 atom stereocenters. The van der Waals surface area contributed by atoms with Gasteiger partial charge < -0.3 is 35.6 Å². The van der Waals surface area contributed by atoms with Crippen LogP contribution in [0.25, 0.3) is 16.7 Å².